The first kappa shape index (κ1) is 26.5. The van der Waals surface area contributed by atoms with Crippen molar-refractivity contribution in [2.75, 3.05) is 49.9 Å². The van der Waals surface area contributed by atoms with E-state index in [1.165, 1.54) is 10.4 Å². The van der Waals surface area contributed by atoms with E-state index >= 15 is 0 Å². The van der Waals surface area contributed by atoms with Gasteiger partial charge in [-0.25, -0.2) is 12.7 Å². The molecule has 0 saturated carbocycles. The SMILES string of the molecule is O=C(C1CCN(S(=O)(=O)CCCc2ccccc2)CC1)N1CCN(c2cccc(C(F)(F)F)c2)CC1. The second-order valence-corrected chi connectivity index (χ2v) is 11.5. The molecule has 2 fully saturated rings. The number of alkyl halides is 3. The molecular weight excluding hydrogens is 491 g/mol. The third-order valence-electron chi connectivity index (χ3n) is 7.04. The quantitative estimate of drug-likeness (QED) is 0.550. The molecule has 0 radical (unpaired) electrons. The number of piperidine rings is 1. The minimum Gasteiger partial charge on any atom is -0.368 e. The summed E-state index contributed by atoms with van der Waals surface area (Å²) >= 11 is 0. The highest BCUT2D eigenvalue weighted by Gasteiger charge is 2.34. The van der Waals surface area contributed by atoms with Crippen LogP contribution in [0.1, 0.15) is 30.4 Å². The van der Waals surface area contributed by atoms with E-state index in [1.807, 2.05) is 35.2 Å². The standard InChI is InChI=1S/C26H32F3N3O3S/c27-26(28,29)23-9-4-10-24(20-23)30-15-17-31(18-16-30)25(33)22-11-13-32(14-12-22)36(34,35)19-5-8-21-6-2-1-3-7-21/h1-4,6-7,9-10,20,22H,5,8,11-19H2. The zero-order valence-electron chi connectivity index (χ0n) is 20.2. The van der Waals surface area contributed by atoms with E-state index in [-0.39, 0.29) is 17.6 Å². The van der Waals surface area contributed by atoms with E-state index in [9.17, 15) is 26.4 Å². The van der Waals surface area contributed by atoms with Crippen molar-refractivity contribution in [2.45, 2.75) is 31.9 Å². The maximum Gasteiger partial charge on any atom is 0.416 e. The summed E-state index contributed by atoms with van der Waals surface area (Å²) < 4.78 is 66.1. The zero-order valence-corrected chi connectivity index (χ0v) is 21.0. The third-order valence-corrected chi connectivity index (χ3v) is 8.99. The summed E-state index contributed by atoms with van der Waals surface area (Å²) in [6, 6.07) is 15.1. The highest BCUT2D eigenvalue weighted by atomic mass is 32.2. The molecule has 0 bridgehead atoms. The molecule has 6 nitrogen and oxygen atoms in total. The molecule has 0 unspecified atom stereocenters. The summed E-state index contributed by atoms with van der Waals surface area (Å²) in [7, 11) is -3.36. The number of aryl methyl sites for hydroxylation is 1. The van der Waals surface area contributed by atoms with Gasteiger partial charge >= 0.3 is 6.18 Å². The number of anilines is 1. The second kappa shape index (κ2) is 11.2. The second-order valence-electron chi connectivity index (χ2n) is 9.44. The van der Waals surface area contributed by atoms with Crippen molar-refractivity contribution < 1.29 is 26.4 Å². The highest BCUT2D eigenvalue weighted by Crippen LogP contribution is 2.32. The van der Waals surface area contributed by atoms with Gasteiger partial charge in [0.2, 0.25) is 15.9 Å². The minimum absolute atomic E-state index is 0.0137. The molecule has 0 aliphatic carbocycles. The molecule has 0 spiro atoms. The Morgan fingerprint density at radius 1 is 0.889 bits per heavy atom. The molecule has 0 N–H and O–H groups in total. The van der Waals surface area contributed by atoms with Crippen LogP contribution in [-0.2, 0) is 27.4 Å². The van der Waals surface area contributed by atoms with Crippen LogP contribution in [0, 0.1) is 5.92 Å². The monoisotopic (exact) mass is 523 g/mol. The number of hydrogen-bond donors (Lipinski definition) is 0. The summed E-state index contributed by atoms with van der Waals surface area (Å²) in [4.78, 5) is 16.7. The summed E-state index contributed by atoms with van der Waals surface area (Å²) in [6.45, 7) is 2.48. The Kier molecular flexibility index (Phi) is 8.24. The number of nitrogens with zero attached hydrogens (tertiary/aromatic N) is 3. The average molecular weight is 524 g/mol. The van der Waals surface area contributed by atoms with E-state index in [1.54, 1.807) is 11.0 Å². The molecule has 2 aromatic rings. The maximum atomic E-state index is 13.1. The van der Waals surface area contributed by atoms with Crippen molar-refractivity contribution >= 4 is 21.6 Å². The van der Waals surface area contributed by atoms with Gasteiger partial charge in [-0.15, -0.1) is 0 Å². The molecule has 0 aromatic heterocycles. The normalized spacial score (nSPS) is 18.4. The minimum atomic E-state index is -4.39. The Bertz CT molecular complexity index is 1130. The van der Waals surface area contributed by atoms with Gasteiger partial charge in [-0.1, -0.05) is 36.4 Å². The van der Waals surface area contributed by atoms with Crippen molar-refractivity contribution in [2.24, 2.45) is 5.92 Å². The van der Waals surface area contributed by atoms with Crippen LogP contribution in [0.15, 0.2) is 54.6 Å². The van der Waals surface area contributed by atoms with Crippen LogP contribution < -0.4 is 4.90 Å². The summed E-state index contributed by atoms with van der Waals surface area (Å²) in [6.07, 6.45) is -2.14. The van der Waals surface area contributed by atoms with E-state index < -0.39 is 21.8 Å². The lowest BCUT2D eigenvalue weighted by atomic mass is 9.96. The van der Waals surface area contributed by atoms with Crippen LogP contribution in [0.5, 0.6) is 0 Å². The lowest BCUT2D eigenvalue weighted by Crippen LogP contribution is -2.52. The number of benzene rings is 2. The van der Waals surface area contributed by atoms with Crippen molar-refractivity contribution in [3.8, 4) is 0 Å². The lowest BCUT2D eigenvalue weighted by molar-refractivity contribution is -0.137. The number of carbonyl (C=O) groups is 1. The largest absolute Gasteiger partial charge is 0.416 e. The van der Waals surface area contributed by atoms with Gasteiger partial charge in [0.05, 0.1) is 11.3 Å². The fourth-order valence-corrected chi connectivity index (χ4v) is 6.47. The molecule has 2 saturated heterocycles. The van der Waals surface area contributed by atoms with Crippen molar-refractivity contribution in [3.63, 3.8) is 0 Å². The molecule has 4 rings (SSSR count). The van der Waals surface area contributed by atoms with Crippen LogP contribution >= 0.6 is 0 Å². The van der Waals surface area contributed by atoms with E-state index in [2.05, 4.69) is 0 Å². The molecule has 2 aliphatic heterocycles. The fourth-order valence-electron chi connectivity index (χ4n) is 4.94. The predicted molar refractivity (Wildman–Crippen MR) is 133 cm³/mol. The first-order valence-electron chi connectivity index (χ1n) is 12.4. The number of rotatable bonds is 7. The molecule has 2 aromatic carbocycles. The number of halogens is 3. The Morgan fingerprint density at radius 3 is 2.19 bits per heavy atom. The van der Waals surface area contributed by atoms with Gasteiger partial charge in [0, 0.05) is 50.9 Å². The Morgan fingerprint density at radius 2 is 1.56 bits per heavy atom. The third kappa shape index (κ3) is 6.59. The van der Waals surface area contributed by atoms with Gasteiger partial charge in [-0.2, -0.15) is 13.2 Å². The van der Waals surface area contributed by atoms with Crippen LogP contribution in [0.4, 0.5) is 18.9 Å². The number of sulfonamides is 1. The van der Waals surface area contributed by atoms with E-state index in [4.69, 9.17) is 0 Å². The molecule has 0 atom stereocenters. The van der Waals surface area contributed by atoms with Crippen molar-refractivity contribution in [1.29, 1.82) is 0 Å². The van der Waals surface area contributed by atoms with Crippen molar-refractivity contribution in [3.05, 3.63) is 65.7 Å². The smallest absolute Gasteiger partial charge is 0.368 e. The summed E-state index contributed by atoms with van der Waals surface area (Å²) in [5, 5.41) is 0. The summed E-state index contributed by atoms with van der Waals surface area (Å²) in [5.41, 5.74) is 0.938. The van der Waals surface area contributed by atoms with E-state index in [0.29, 0.717) is 70.6 Å². The molecule has 1 amide bonds. The van der Waals surface area contributed by atoms with Crippen molar-refractivity contribution in [1.82, 2.24) is 9.21 Å². The Balaban J connectivity index is 1.23. The van der Waals surface area contributed by atoms with Crippen LogP contribution in [0.3, 0.4) is 0 Å². The van der Waals surface area contributed by atoms with Gasteiger partial charge in [-0.05, 0) is 49.4 Å². The van der Waals surface area contributed by atoms with Gasteiger partial charge in [-0.3, -0.25) is 4.79 Å². The van der Waals surface area contributed by atoms with Crippen LogP contribution in [-0.4, -0.2) is 68.6 Å². The van der Waals surface area contributed by atoms with E-state index in [0.717, 1.165) is 17.7 Å². The number of amides is 1. The fraction of sp³-hybridized carbons (Fsp3) is 0.500. The zero-order chi connectivity index (χ0) is 25.8. The molecule has 2 aliphatic rings. The average Bonchev–Trinajstić information content (AvgIpc) is 2.88. The van der Waals surface area contributed by atoms with Gasteiger partial charge in [0.25, 0.3) is 0 Å². The summed E-state index contributed by atoms with van der Waals surface area (Å²) in [5.74, 6) is -0.112. The molecule has 196 valence electrons. The Hall–Kier alpha value is -2.59. The highest BCUT2D eigenvalue weighted by molar-refractivity contribution is 7.89. The molecular formula is C26H32F3N3O3S. The topological polar surface area (TPSA) is 60.9 Å². The maximum absolute atomic E-state index is 13.1. The molecule has 2 heterocycles. The van der Waals surface area contributed by atoms with Crippen LogP contribution in [0.25, 0.3) is 0 Å². The number of piperazine rings is 1. The molecule has 10 heteroatoms. The predicted octanol–water partition coefficient (Wildman–Crippen LogP) is 4.03. The van der Waals surface area contributed by atoms with Gasteiger partial charge in [0.1, 0.15) is 0 Å². The van der Waals surface area contributed by atoms with Gasteiger partial charge in [0.15, 0.2) is 0 Å². The first-order valence-corrected chi connectivity index (χ1v) is 14.0. The number of hydrogen-bond acceptors (Lipinski definition) is 4. The van der Waals surface area contributed by atoms with Crippen LogP contribution in [0.2, 0.25) is 0 Å². The van der Waals surface area contributed by atoms with Gasteiger partial charge < -0.3 is 9.80 Å². The number of carbonyl (C=O) groups excluding carboxylic acids is 1. The Labute approximate surface area is 210 Å². The molecule has 36 heavy (non-hydrogen) atoms. The first-order chi connectivity index (χ1) is 17.1. The lowest BCUT2D eigenvalue weighted by Gasteiger charge is -2.39.